The first-order valence-corrected chi connectivity index (χ1v) is 12.8. The summed E-state index contributed by atoms with van der Waals surface area (Å²) in [6.07, 6.45) is 2.45. The molecule has 32 heavy (non-hydrogen) atoms. The molecular formula is C24H31N5O2S. The SMILES string of the molecule is O=S(=O)(CCCN1CCN(c2ccccn2)CC1)NCCNc1cccc2ccccc12. The molecule has 170 valence electrons. The number of anilines is 2. The summed E-state index contributed by atoms with van der Waals surface area (Å²) in [4.78, 5) is 9.01. The first-order chi connectivity index (χ1) is 15.6. The Morgan fingerprint density at radius 1 is 0.875 bits per heavy atom. The predicted octanol–water partition coefficient (Wildman–Crippen LogP) is 2.78. The van der Waals surface area contributed by atoms with Crippen molar-refractivity contribution in [2.24, 2.45) is 0 Å². The minimum atomic E-state index is -3.27. The van der Waals surface area contributed by atoms with Gasteiger partial charge in [0.1, 0.15) is 5.82 Å². The molecule has 0 radical (unpaired) electrons. The van der Waals surface area contributed by atoms with Crippen LogP contribution in [0.4, 0.5) is 11.5 Å². The van der Waals surface area contributed by atoms with Crippen LogP contribution in [0, 0.1) is 0 Å². The Kier molecular flexibility index (Phi) is 7.57. The van der Waals surface area contributed by atoms with Crippen molar-refractivity contribution in [3.05, 3.63) is 66.9 Å². The smallest absolute Gasteiger partial charge is 0.211 e. The zero-order valence-electron chi connectivity index (χ0n) is 18.3. The second-order valence-electron chi connectivity index (χ2n) is 8.04. The Morgan fingerprint density at radius 3 is 2.47 bits per heavy atom. The number of nitrogens with zero attached hydrogens (tertiary/aromatic N) is 3. The highest BCUT2D eigenvalue weighted by atomic mass is 32.2. The number of piperazine rings is 1. The molecule has 0 aliphatic carbocycles. The van der Waals surface area contributed by atoms with Crippen LogP contribution in [0.3, 0.4) is 0 Å². The number of aromatic nitrogens is 1. The van der Waals surface area contributed by atoms with Gasteiger partial charge in [0, 0.05) is 56.5 Å². The lowest BCUT2D eigenvalue weighted by Gasteiger charge is -2.35. The predicted molar refractivity (Wildman–Crippen MR) is 132 cm³/mol. The van der Waals surface area contributed by atoms with Gasteiger partial charge < -0.3 is 10.2 Å². The summed E-state index contributed by atoms with van der Waals surface area (Å²) in [6.45, 7) is 5.41. The summed E-state index contributed by atoms with van der Waals surface area (Å²) in [6, 6.07) is 20.2. The molecule has 1 aliphatic rings. The second kappa shape index (κ2) is 10.8. The number of sulfonamides is 1. The molecule has 4 rings (SSSR count). The van der Waals surface area contributed by atoms with E-state index in [1.807, 2.05) is 48.7 Å². The number of hydrogen-bond acceptors (Lipinski definition) is 6. The van der Waals surface area contributed by atoms with Crippen LogP contribution in [0.1, 0.15) is 6.42 Å². The summed E-state index contributed by atoms with van der Waals surface area (Å²) in [5.74, 6) is 1.16. The standard InChI is InChI=1S/C24H31N5O2S/c30-32(31,27-14-13-25-23-10-5-8-21-7-1-2-9-22(21)23)20-6-15-28-16-18-29(19-17-28)24-11-3-4-12-26-24/h1-5,7-12,25,27H,6,13-20H2. The molecule has 8 heteroatoms. The highest BCUT2D eigenvalue weighted by Crippen LogP contribution is 2.22. The van der Waals surface area contributed by atoms with Crippen molar-refractivity contribution in [2.45, 2.75) is 6.42 Å². The largest absolute Gasteiger partial charge is 0.383 e. The maximum absolute atomic E-state index is 12.4. The Morgan fingerprint density at radius 2 is 1.66 bits per heavy atom. The quantitative estimate of drug-likeness (QED) is 0.460. The number of pyridine rings is 1. The normalized spacial score (nSPS) is 15.2. The maximum atomic E-state index is 12.4. The van der Waals surface area contributed by atoms with E-state index in [2.05, 4.69) is 43.0 Å². The highest BCUT2D eigenvalue weighted by Gasteiger charge is 2.18. The van der Waals surface area contributed by atoms with Gasteiger partial charge in [-0.1, -0.05) is 42.5 Å². The van der Waals surface area contributed by atoms with Crippen molar-refractivity contribution in [1.82, 2.24) is 14.6 Å². The molecule has 2 heterocycles. The lowest BCUT2D eigenvalue weighted by atomic mass is 10.1. The van der Waals surface area contributed by atoms with E-state index < -0.39 is 10.0 Å². The molecule has 2 N–H and O–H groups in total. The average molecular weight is 454 g/mol. The number of fused-ring (bicyclic) bond motifs is 1. The first-order valence-electron chi connectivity index (χ1n) is 11.2. The molecule has 0 unspecified atom stereocenters. The molecular weight excluding hydrogens is 422 g/mol. The Bertz CT molecular complexity index is 1090. The maximum Gasteiger partial charge on any atom is 0.211 e. The monoisotopic (exact) mass is 453 g/mol. The Hall–Kier alpha value is -2.68. The van der Waals surface area contributed by atoms with Crippen molar-refractivity contribution in [3.8, 4) is 0 Å². The van der Waals surface area contributed by atoms with Crippen molar-refractivity contribution < 1.29 is 8.42 Å². The van der Waals surface area contributed by atoms with Crippen molar-refractivity contribution >= 4 is 32.3 Å². The summed E-state index contributed by atoms with van der Waals surface area (Å²) in [5.41, 5.74) is 1.02. The molecule has 1 saturated heterocycles. The fraction of sp³-hybridized carbons (Fsp3) is 0.375. The summed E-state index contributed by atoms with van der Waals surface area (Å²) >= 11 is 0. The van der Waals surface area contributed by atoms with Crippen LogP contribution < -0.4 is 14.9 Å². The Balaban J connectivity index is 1.14. The highest BCUT2D eigenvalue weighted by molar-refractivity contribution is 7.89. The number of benzene rings is 2. The minimum Gasteiger partial charge on any atom is -0.383 e. The fourth-order valence-electron chi connectivity index (χ4n) is 4.07. The zero-order chi connectivity index (χ0) is 22.2. The van der Waals surface area contributed by atoms with Gasteiger partial charge in [-0.05, 0) is 36.6 Å². The molecule has 1 aromatic heterocycles. The van der Waals surface area contributed by atoms with Gasteiger partial charge in [0.15, 0.2) is 0 Å². The van der Waals surface area contributed by atoms with E-state index in [1.54, 1.807) is 0 Å². The van der Waals surface area contributed by atoms with Crippen LogP contribution in [0.5, 0.6) is 0 Å². The van der Waals surface area contributed by atoms with Gasteiger partial charge >= 0.3 is 0 Å². The van der Waals surface area contributed by atoms with Crippen LogP contribution in [0.25, 0.3) is 10.8 Å². The minimum absolute atomic E-state index is 0.154. The molecule has 1 fully saturated rings. The molecule has 7 nitrogen and oxygen atoms in total. The van der Waals surface area contributed by atoms with E-state index in [4.69, 9.17) is 0 Å². The van der Waals surface area contributed by atoms with Crippen LogP contribution in [-0.2, 0) is 10.0 Å². The second-order valence-corrected chi connectivity index (χ2v) is 9.96. The van der Waals surface area contributed by atoms with E-state index in [9.17, 15) is 8.42 Å². The molecule has 1 aliphatic heterocycles. The molecule has 2 aromatic carbocycles. The van der Waals surface area contributed by atoms with Gasteiger partial charge in [0.2, 0.25) is 10.0 Å². The molecule has 0 spiro atoms. The van der Waals surface area contributed by atoms with Gasteiger partial charge in [-0.15, -0.1) is 0 Å². The molecule has 0 saturated carbocycles. The average Bonchev–Trinajstić information content (AvgIpc) is 2.83. The third-order valence-electron chi connectivity index (χ3n) is 5.79. The van der Waals surface area contributed by atoms with Crippen LogP contribution in [-0.4, -0.2) is 69.9 Å². The summed E-state index contributed by atoms with van der Waals surface area (Å²) < 4.78 is 27.4. The van der Waals surface area contributed by atoms with Crippen LogP contribution in [0.15, 0.2) is 66.9 Å². The lowest BCUT2D eigenvalue weighted by molar-refractivity contribution is 0.258. The van der Waals surface area contributed by atoms with E-state index in [0.29, 0.717) is 19.5 Å². The summed E-state index contributed by atoms with van der Waals surface area (Å²) in [7, 11) is -3.27. The van der Waals surface area contributed by atoms with Gasteiger partial charge in [0.05, 0.1) is 5.75 Å². The topological polar surface area (TPSA) is 77.6 Å². The van der Waals surface area contributed by atoms with Gasteiger partial charge in [0.25, 0.3) is 0 Å². The zero-order valence-corrected chi connectivity index (χ0v) is 19.1. The Labute approximate surface area is 190 Å². The lowest BCUT2D eigenvalue weighted by Crippen LogP contribution is -2.47. The van der Waals surface area contributed by atoms with Crippen LogP contribution in [0.2, 0.25) is 0 Å². The summed E-state index contributed by atoms with van der Waals surface area (Å²) in [5, 5.41) is 5.65. The van der Waals surface area contributed by atoms with Gasteiger partial charge in [-0.3, -0.25) is 4.90 Å². The molecule has 3 aromatic rings. The third-order valence-corrected chi connectivity index (χ3v) is 7.26. The van der Waals surface area contributed by atoms with Crippen molar-refractivity contribution in [3.63, 3.8) is 0 Å². The van der Waals surface area contributed by atoms with E-state index >= 15 is 0 Å². The van der Waals surface area contributed by atoms with Crippen molar-refractivity contribution in [2.75, 3.05) is 61.8 Å². The number of hydrogen-bond donors (Lipinski definition) is 2. The first kappa shape index (κ1) is 22.5. The van der Waals surface area contributed by atoms with E-state index in [-0.39, 0.29) is 5.75 Å². The molecule has 0 amide bonds. The van der Waals surface area contributed by atoms with Crippen LogP contribution >= 0.6 is 0 Å². The molecule has 0 bridgehead atoms. The van der Waals surface area contributed by atoms with Gasteiger partial charge in [-0.25, -0.2) is 18.1 Å². The van der Waals surface area contributed by atoms with Gasteiger partial charge in [-0.2, -0.15) is 0 Å². The molecule has 0 atom stereocenters. The van der Waals surface area contributed by atoms with E-state index in [0.717, 1.165) is 49.6 Å². The number of rotatable bonds is 10. The van der Waals surface area contributed by atoms with E-state index in [1.165, 1.54) is 5.39 Å². The fourth-order valence-corrected chi connectivity index (χ4v) is 5.14. The van der Waals surface area contributed by atoms with Crippen molar-refractivity contribution in [1.29, 1.82) is 0 Å². The third kappa shape index (κ3) is 6.18. The number of nitrogens with one attached hydrogen (secondary N) is 2.